The molecular formula is C33H44O3. The lowest BCUT2D eigenvalue weighted by Gasteiger charge is -2.30. The highest BCUT2D eigenvalue weighted by atomic mass is 16.5. The zero-order valence-electron chi connectivity index (χ0n) is 24.3. The Bertz CT molecular complexity index is 1230. The summed E-state index contributed by atoms with van der Waals surface area (Å²) in [5, 5.41) is 0. The second-order valence-corrected chi connectivity index (χ2v) is 12.6. The first-order valence-corrected chi connectivity index (χ1v) is 12.7. The summed E-state index contributed by atoms with van der Waals surface area (Å²) in [6, 6.07) is 17.3. The van der Waals surface area contributed by atoms with Gasteiger partial charge >= 0.3 is 0 Å². The van der Waals surface area contributed by atoms with E-state index in [1.165, 1.54) is 16.7 Å². The van der Waals surface area contributed by atoms with Crippen molar-refractivity contribution in [3.63, 3.8) is 0 Å². The van der Waals surface area contributed by atoms with Crippen molar-refractivity contribution in [3.05, 3.63) is 65.2 Å². The summed E-state index contributed by atoms with van der Waals surface area (Å²) in [6.07, 6.45) is 0. The second-order valence-electron chi connectivity index (χ2n) is 12.6. The van der Waals surface area contributed by atoms with E-state index in [0.29, 0.717) is 0 Å². The van der Waals surface area contributed by atoms with Gasteiger partial charge in [-0.3, -0.25) is 0 Å². The molecule has 0 aromatic heterocycles. The van der Waals surface area contributed by atoms with Crippen LogP contribution in [0.5, 0.6) is 17.2 Å². The number of methoxy groups -OCH3 is 3. The van der Waals surface area contributed by atoms with Gasteiger partial charge in [0, 0.05) is 22.3 Å². The maximum absolute atomic E-state index is 6.03. The van der Waals surface area contributed by atoms with Crippen LogP contribution in [0.4, 0.5) is 0 Å². The molecule has 0 fully saturated rings. The topological polar surface area (TPSA) is 27.7 Å². The molecule has 0 saturated heterocycles. The second kappa shape index (κ2) is 9.84. The van der Waals surface area contributed by atoms with E-state index in [9.17, 15) is 0 Å². The highest BCUT2D eigenvalue weighted by molar-refractivity contribution is 5.94. The average molecular weight is 489 g/mol. The summed E-state index contributed by atoms with van der Waals surface area (Å²) in [6.45, 7) is 20.2. The van der Waals surface area contributed by atoms with Gasteiger partial charge < -0.3 is 14.2 Å². The Labute approximate surface area is 218 Å². The molecule has 0 heterocycles. The molecule has 0 aliphatic rings. The maximum Gasteiger partial charge on any atom is 0.127 e. The fourth-order valence-electron chi connectivity index (χ4n) is 4.67. The number of rotatable bonds is 5. The first kappa shape index (κ1) is 27.6. The molecule has 0 saturated carbocycles. The Morgan fingerprint density at radius 2 is 0.833 bits per heavy atom. The quantitative estimate of drug-likeness (QED) is 0.359. The molecule has 194 valence electrons. The lowest BCUT2D eigenvalue weighted by molar-refractivity contribution is 0.409. The number of hydrogen-bond acceptors (Lipinski definition) is 3. The van der Waals surface area contributed by atoms with E-state index >= 15 is 0 Å². The molecule has 36 heavy (non-hydrogen) atoms. The lowest BCUT2D eigenvalue weighted by atomic mass is 9.76. The van der Waals surface area contributed by atoms with Gasteiger partial charge in [-0.1, -0.05) is 80.5 Å². The lowest BCUT2D eigenvalue weighted by Crippen LogP contribution is -2.16. The van der Waals surface area contributed by atoms with Crippen LogP contribution in [0.3, 0.4) is 0 Å². The molecule has 3 aromatic carbocycles. The molecule has 3 rings (SSSR count). The molecule has 0 aliphatic carbocycles. The van der Waals surface area contributed by atoms with Crippen LogP contribution in [0.2, 0.25) is 0 Å². The van der Waals surface area contributed by atoms with Gasteiger partial charge in [-0.25, -0.2) is 0 Å². The predicted octanol–water partition coefficient (Wildman–Crippen LogP) is 8.94. The summed E-state index contributed by atoms with van der Waals surface area (Å²) < 4.78 is 17.9. The Hall–Kier alpha value is -2.94. The molecule has 0 aliphatic heterocycles. The van der Waals surface area contributed by atoms with Gasteiger partial charge in [0.15, 0.2) is 0 Å². The van der Waals surface area contributed by atoms with Crippen LogP contribution < -0.4 is 14.2 Å². The third-order valence-corrected chi connectivity index (χ3v) is 6.86. The van der Waals surface area contributed by atoms with Gasteiger partial charge in [0.2, 0.25) is 0 Å². The number of ether oxygens (including phenoxy) is 3. The minimum absolute atomic E-state index is 0.00815. The van der Waals surface area contributed by atoms with E-state index in [1.54, 1.807) is 21.3 Å². The van der Waals surface area contributed by atoms with Gasteiger partial charge in [0.25, 0.3) is 0 Å². The van der Waals surface area contributed by atoms with E-state index in [2.05, 4.69) is 111 Å². The van der Waals surface area contributed by atoms with E-state index in [0.717, 1.165) is 39.5 Å². The Morgan fingerprint density at radius 1 is 0.444 bits per heavy atom. The molecule has 3 heteroatoms. The molecule has 0 spiro atoms. The molecule has 0 bridgehead atoms. The fourth-order valence-corrected chi connectivity index (χ4v) is 4.67. The van der Waals surface area contributed by atoms with Crippen molar-refractivity contribution in [1.29, 1.82) is 0 Å². The largest absolute Gasteiger partial charge is 0.496 e. The summed E-state index contributed by atoms with van der Waals surface area (Å²) >= 11 is 0. The summed E-state index contributed by atoms with van der Waals surface area (Å²) in [5.74, 6) is 2.47. The van der Waals surface area contributed by atoms with Crippen LogP contribution in [0, 0.1) is 0 Å². The van der Waals surface area contributed by atoms with E-state index in [1.807, 2.05) is 0 Å². The molecule has 0 unspecified atom stereocenters. The van der Waals surface area contributed by atoms with Crippen LogP contribution in [-0.2, 0) is 16.2 Å². The molecule has 0 atom stereocenters. The van der Waals surface area contributed by atoms with Crippen molar-refractivity contribution in [1.82, 2.24) is 0 Å². The molecule has 3 nitrogen and oxygen atoms in total. The van der Waals surface area contributed by atoms with Gasteiger partial charge in [0.1, 0.15) is 17.2 Å². The summed E-state index contributed by atoms with van der Waals surface area (Å²) in [7, 11) is 5.21. The third-order valence-electron chi connectivity index (χ3n) is 6.86. The molecule has 3 aromatic rings. The number of hydrogen-bond donors (Lipinski definition) is 0. The first-order chi connectivity index (χ1) is 16.6. The van der Waals surface area contributed by atoms with Gasteiger partial charge in [-0.05, 0) is 63.3 Å². The van der Waals surface area contributed by atoms with Crippen molar-refractivity contribution in [2.24, 2.45) is 0 Å². The van der Waals surface area contributed by atoms with Crippen molar-refractivity contribution in [3.8, 4) is 39.5 Å². The highest BCUT2D eigenvalue weighted by Crippen LogP contribution is 2.51. The first-order valence-electron chi connectivity index (χ1n) is 12.7. The SMILES string of the molecule is COc1ccc(C(C)(C)C)cc1-c1c(OC)ccc(C(C)(C)C)c1-c1cc(C(C)(C)C)ccc1OC. The minimum Gasteiger partial charge on any atom is -0.496 e. The molecular weight excluding hydrogens is 444 g/mol. The molecule has 0 N–H and O–H groups in total. The zero-order chi connectivity index (χ0) is 27.1. The van der Waals surface area contributed by atoms with Gasteiger partial charge in [-0.15, -0.1) is 0 Å². The van der Waals surface area contributed by atoms with Crippen molar-refractivity contribution in [2.75, 3.05) is 21.3 Å². The van der Waals surface area contributed by atoms with E-state index < -0.39 is 0 Å². The van der Waals surface area contributed by atoms with E-state index in [4.69, 9.17) is 14.2 Å². The summed E-state index contributed by atoms with van der Waals surface area (Å²) in [5.41, 5.74) is 7.81. The van der Waals surface area contributed by atoms with Gasteiger partial charge in [0.05, 0.1) is 21.3 Å². The van der Waals surface area contributed by atoms with Crippen LogP contribution in [0.15, 0.2) is 48.5 Å². The third kappa shape index (κ3) is 5.40. The maximum atomic E-state index is 6.03. The summed E-state index contributed by atoms with van der Waals surface area (Å²) in [4.78, 5) is 0. The zero-order valence-corrected chi connectivity index (χ0v) is 24.3. The van der Waals surface area contributed by atoms with Crippen molar-refractivity contribution >= 4 is 0 Å². The van der Waals surface area contributed by atoms with Crippen LogP contribution in [0.1, 0.15) is 79.0 Å². The Balaban J connectivity index is 2.59. The minimum atomic E-state index is -0.117. The van der Waals surface area contributed by atoms with Crippen molar-refractivity contribution in [2.45, 2.75) is 78.6 Å². The standard InChI is InChI=1S/C33H44O3/c1-31(2,3)21-13-16-26(34-10)23(19-21)29-25(33(7,8)9)15-18-28(36-12)30(29)24-20-22(32(4,5)6)14-17-27(24)35-11/h13-20H,1-12H3. The highest BCUT2D eigenvalue weighted by Gasteiger charge is 2.29. The Kier molecular flexibility index (Phi) is 7.56. The van der Waals surface area contributed by atoms with Gasteiger partial charge in [-0.2, -0.15) is 0 Å². The van der Waals surface area contributed by atoms with Crippen molar-refractivity contribution < 1.29 is 14.2 Å². The van der Waals surface area contributed by atoms with Crippen LogP contribution >= 0.6 is 0 Å². The Morgan fingerprint density at radius 3 is 1.19 bits per heavy atom. The fraction of sp³-hybridized carbons (Fsp3) is 0.455. The smallest absolute Gasteiger partial charge is 0.127 e. The molecule has 0 radical (unpaired) electrons. The predicted molar refractivity (Wildman–Crippen MR) is 153 cm³/mol. The monoisotopic (exact) mass is 488 g/mol. The van der Waals surface area contributed by atoms with Crippen LogP contribution in [-0.4, -0.2) is 21.3 Å². The van der Waals surface area contributed by atoms with Crippen LogP contribution in [0.25, 0.3) is 22.3 Å². The molecule has 0 amide bonds. The van der Waals surface area contributed by atoms with E-state index in [-0.39, 0.29) is 16.2 Å². The normalized spacial score (nSPS) is 12.4. The number of benzene rings is 3. The average Bonchev–Trinajstić information content (AvgIpc) is 2.80.